The van der Waals surface area contributed by atoms with Gasteiger partial charge in [-0.1, -0.05) is 19.0 Å². The van der Waals surface area contributed by atoms with E-state index in [1.807, 2.05) is 12.1 Å². The lowest BCUT2D eigenvalue weighted by Gasteiger charge is -2.09. The predicted octanol–water partition coefficient (Wildman–Crippen LogP) is 2.82. The molecule has 144 valence electrons. The van der Waals surface area contributed by atoms with Crippen LogP contribution in [0, 0.1) is 0 Å². The van der Waals surface area contributed by atoms with Crippen LogP contribution in [0.3, 0.4) is 0 Å². The van der Waals surface area contributed by atoms with Crippen molar-refractivity contribution in [3.05, 3.63) is 41.7 Å². The second-order valence-corrected chi connectivity index (χ2v) is 6.09. The minimum Gasteiger partial charge on any atom is -0.461 e. The van der Waals surface area contributed by atoms with Crippen molar-refractivity contribution in [2.75, 3.05) is 7.05 Å². The van der Waals surface area contributed by atoms with Gasteiger partial charge in [0.25, 0.3) is 0 Å². The van der Waals surface area contributed by atoms with Crippen molar-refractivity contribution in [3.8, 4) is 11.6 Å². The summed E-state index contributed by atoms with van der Waals surface area (Å²) in [7, 11) is 1.71. The SMILES string of the molecule is CCC(CC)c1cc(CNC(=NC)NCc2nc(-c3ccco3)n[nH]2)on1. The zero-order valence-electron chi connectivity index (χ0n) is 15.8. The van der Waals surface area contributed by atoms with Gasteiger partial charge in [-0.15, -0.1) is 5.10 Å². The van der Waals surface area contributed by atoms with Crippen molar-refractivity contribution in [1.82, 2.24) is 31.0 Å². The van der Waals surface area contributed by atoms with E-state index in [0.29, 0.717) is 42.4 Å². The number of hydrogen-bond donors (Lipinski definition) is 3. The molecule has 0 saturated heterocycles. The molecule has 0 unspecified atom stereocenters. The monoisotopic (exact) mass is 371 g/mol. The summed E-state index contributed by atoms with van der Waals surface area (Å²) in [6.45, 7) is 5.27. The fourth-order valence-corrected chi connectivity index (χ4v) is 2.76. The lowest BCUT2D eigenvalue weighted by Crippen LogP contribution is -2.36. The lowest BCUT2D eigenvalue weighted by atomic mass is 9.99. The molecule has 0 bridgehead atoms. The highest BCUT2D eigenvalue weighted by Crippen LogP contribution is 2.22. The molecule has 9 nitrogen and oxygen atoms in total. The summed E-state index contributed by atoms with van der Waals surface area (Å²) in [6, 6.07) is 5.62. The number of nitrogens with zero attached hydrogens (tertiary/aromatic N) is 4. The van der Waals surface area contributed by atoms with Crippen LogP contribution in [0.2, 0.25) is 0 Å². The van der Waals surface area contributed by atoms with E-state index in [0.717, 1.165) is 24.3 Å². The molecule has 0 saturated carbocycles. The van der Waals surface area contributed by atoms with Crippen LogP contribution < -0.4 is 10.6 Å². The number of guanidine groups is 1. The van der Waals surface area contributed by atoms with Crippen LogP contribution >= 0.6 is 0 Å². The Kier molecular flexibility index (Phi) is 6.24. The first-order valence-corrected chi connectivity index (χ1v) is 9.08. The van der Waals surface area contributed by atoms with Crippen molar-refractivity contribution in [1.29, 1.82) is 0 Å². The van der Waals surface area contributed by atoms with Gasteiger partial charge in [-0.2, -0.15) is 0 Å². The average Bonchev–Trinajstić information content (AvgIpc) is 3.44. The minimum absolute atomic E-state index is 0.440. The minimum atomic E-state index is 0.440. The quantitative estimate of drug-likeness (QED) is 0.412. The zero-order chi connectivity index (χ0) is 19.1. The van der Waals surface area contributed by atoms with E-state index in [9.17, 15) is 0 Å². The molecule has 0 aliphatic heterocycles. The Hall–Kier alpha value is -3.10. The molecule has 27 heavy (non-hydrogen) atoms. The fraction of sp³-hybridized carbons (Fsp3) is 0.444. The zero-order valence-corrected chi connectivity index (χ0v) is 15.8. The maximum absolute atomic E-state index is 5.42. The molecular formula is C18H25N7O2. The number of aromatic amines is 1. The Balaban J connectivity index is 1.50. The number of aromatic nitrogens is 4. The number of H-pyrrole nitrogens is 1. The van der Waals surface area contributed by atoms with Gasteiger partial charge in [0.2, 0.25) is 5.82 Å². The van der Waals surface area contributed by atoms with E-state index in [1.165, 1.54) is 0 Å². The smallest absolute Gasteiger partial charge is 0.216 e. The van der Waals surface area contributed by atoms with Crippen LogP contribution in [-0.2, 0) is 13.1 Å². The molecule has 0 aromatic carbocycles. The van der Waals surface area contributed by atoms with Crippen molar-refractivity contribution in [2.45, 2.75) is 45.7 Å². The normalized spacial score (nSPS) is 11.9. The Morgan fingerprint density at radius 1 is 1.26 bits per heavy atom. The average molecular weight is 371 g/mol. The van der Waals surface area contributed by atoms with Crippen LogP contribution in [0.1, 0.15) is 49.9 Å². The van der Waals surface area contributed by atoms with E-state index >= 15 is 0 Å². The molecule has 0 fully saturated rings. The van der Waals surface area contributed by atoms with E-state index in [2.05, 4.69) is 49.8 Å². The largest absolute Gasteiger partial charge is 0.461 e. The predicted molar refractivity (Wildman–Crippen MR) is 101 cm³/mol. The van der Waals surface area contributed by atoms with Crippen LogP contribution in [-0.4, -0.2) is 33.3 Å². The first-order chi connectivity index (χ1) is 13.2. The summed E-state index contributed by atoms with van der Waals surface area (Å²) < 4.78 is 10.7. The summed E-state index contributed by atoms with van der Waals surface area (Å²) in [5.41, 5.74) is 1.01. The van der Waals surface area contributed by atoms with Crippen molar-refractivity contribution < 1.29 is 8.94 Å². The Labute approximate surface area is 157 Å². The maximum atomic E-state index is 5.42. The Morgan fingerprint density at radius 2 is 2.07 bits per heavy atom. The van der Waals surface area contributed by atoms with Crippen LogP contribution in [0.4, 0.5) is 0 Å². The number of rotatable bonds is 8. The van der Waals surface area contributed by atoms with Gasteiger partial charge in [0.15, 0.2) is 17.5 Å². The van der Waals surface area contributed by atoms with Crippen LogP contribution in [0.5, 0.6) is 0 Å². The molecule has 0 amide bonds. The second kappa shape index (κ2) is 9.02. The van der Waals surface area contributed by atoms with Gasteiger partial charge in [-0.05, 0) is 25.0 Å². The molecule has 3 heterocycles. The second-order valence-electron chi connectivity index (χ2n) is 6.09. The van der Waals surface area contributed by atoms with E-state index in [1.54, 1.807) is 19.4 Å². The highest BCUT2D eigenvalue weighted by Gasteiger charge is 2.13. The molecule has 9 heteroatoms. The van der Waals surface area contributed by atoms with E-state index < -0.39 is 0 Å². The van der Waals surface area contributed by atoms with Gasteiger partial charge in [0.1, 0.15) is 5.82 Å². The lowest BCUT2D eigenvalue weighted by molar-refractivity contribution is 0.368. The topological polar surface area (TPSA) is 117 Å². The van der Waals surface area contributed by atoms with Crippen molar-refractivity contribution in [3.63, 3.8) is 0 Å². The molecule has 0 spiro atoms. The number of nitrogens with one attached hydrogen (secondary N) is 3. The van der Waals surface area contributed by atoms with Crippen molar-refractivity contribution in [2.24, 2.45) is 4.99 Å². The van der Waals surface area contributed by atoms with Crippen LogP contribution in [0.15, 0.2) is 38.4 Å². The van der Waals surface area contributed by atoms with Gasteiger partial charge < -0.3 is 19.6 Å². The van der Waals surface area contributed by atoms with Gasteiger partial charge in [-0.3, -0.25) is 10.1 Å². The van der Waals surface area contributed by atoms with E-state index in [4.69, 9.17) is 8.94 Å². The number of hydrogen-bond acceptors (Lipinski definition) is 6. The van der Waals surface area contributed by atoms with Gasteiger partial charge in [0.05, 0.1) is 25.0 Å². The molecule has 3 aromatic rings. The first-order valence-electron chi connectivity index (χ1n) is 9.08. The molecule has 0 atom stereocenters. The molecule has 3 N–H and O–H groups in total. The summed E-state index contributed by atoms with van der Waals surface area (Å²) in [6.07, 6.45) is 3.69. The standard InChI is InChI=1S/C18H25N7O2/c1-4-12(5-2)14-9-13(27-25-14)10-20-18(19-3)21-11-16-22-17(24-23-16)15-7-6-8-26-15/h6-9,12H,4-5,10-11H2,1-3H3,(H2,19,20,21)(H,22,23,24). The third-order valence-corrected chi connectivity index (χ3v) is 4.33. The Morgan fingerprint density at radius 3 is 2.78 bits per heavy atom. The highest BCUT2D eigenvalue weighted by molar-refractivity contribution is 5.79. The molecule has 3 aromatic heterocycles. The summed E-state index contributed by atoms with van der Waals surface area (Å²) >= 11 is 0. The van der Waals surface area contributed by atoms with Gasteiger partial charge in [0, 0.05) is 19.0 Å². The first kappa shape index (κ1) is 18.7. The summed E-state index contributed by atoms with van der Waals surface area (Å²) in [4.78, 5) is 8.59. The molecule has 3 rings (SSSR count). The molecule has 0 radical (unpaired) electrons. The van der Waals surface area contributed by atoms with Crippen molar-refractivity contribution >= 4 is 5.96 Å². The fourth-order valence-electron chi connectivity index (χ4n) is 2.76. The summed E-state index contributed by atoms with van der Waals surface area (Å²) in [5.74, 6) is 3.68. The third-order valence-electron chi connectivity index (χ3n) is 4.33. The molecular weight excluding hydrogens is 346 g/mol. The number of furan rings is 1. The Bertz CT molecular complexity index is 847. The maximum Gasteiger partial charge on any atom is 0.216 e. The highest BCUT2D eigenvalue weighted by atomic mass is 16.5. The summed E-state index contributed by atoms with van der Waals surface area (Å²) in [5, 5.41) is 17.6. The molecule has 0 aliphatic rings. The van der Waals surface area contributed by atoms with Gasteiger partial charge in [-0.25, -0.2) is 4.98 Å². The third kappa shape index (κ3) is 4.75. The van der Waals surface area contributed by atoms with E-state index in [-0.39, 0.29) is 0 Å². The number of aliphatic imine (C=N–C) groups is 1. The van der Waals surface area contributed by atoms with Gasteiger partial charge >= 0.3 is 0 Å². The van der Waals surface area contributed by atoms with Crippen LogP contribution in [0.25, 0.3) is 11.6 Å². The molecule has 0 aliphatic carbocycles.